The van der Waals surface area contributed by atoms with Crippen LogP contribution in [-0.4, -0.2) is 18.1 Å². The quantitative estimate of drug-likeness (QED) is 0.872. The van der Waals surface area contributed by atoms with Crippen LogP contribution in [0.15, 0.2) is 18.2 Å². The molecule has 0 saturated carbocycles. The minimum Gasteiger partial charge on any atom is -0.368 e. The van der Waals surface area contributed by atoms with E-state index in [9.17, 15) is 0 Å². The first-order chi connectivity index (χ1) is 9.40. The predicted molar refractivity (Wildman–Crippen MR) is 88.7 cm³/mol. The van der Waals surface area contributed by atoms with Crippen molar-refractivity contribution in [2.45, 2.75) is 65.1 Å². The first kappa shape index (κ1) is 15.7. The molecule has 20 heavy (non-hydrogen) atoms. The minimum atomic E-state index is 0.120. The SMILES string of the molecule is CCC1CCCN1c1ccc(Cl)cc1CNC(C)(C)C. The topological polar surface area (TPSA) is 15.3 Å². The first-order valence-corrected chi connectivity index (χ1v) is 8.08. The van der Waals surface area contributed by atoms with Crippen LogP contribution in [0.2, 0.25) is 5.02 Å². The lowest BCUT2D eigenvalue weighted by atomic mass is 10.1. The van der Waals surface area contributed by atoms with Gasteiger partial charge >= 0.3 is 0 Å². The molecule has 0 aliphatic carbocycles. The number of hydrogen-bond donors (Lipinski definition) is 1. The number of nitrogens with zero attached hydrogens (tertiary/aromatic N) is 1. The van der Waals surface area contributed by atoms with Crippen LogP contribution < -0.4 is 10.2 Å². The van der Waals surface area contributed by atoms with Gasteiger partial charge in [-0.1, -0.05) is 18.5 Å². The van der Waals surface area contributed by atoms with Gasteiger partial charge in [-0.2, -0.15) is 0 Å². The highest BCUT2D eigenvalue weighted by molar-refractivity contribution is 6.30. The minimum absolute atomic E-state index is 0.120. The molecule has 1 aromatic carbocycles. The van der Waals surface area contributed by atoms with Gasteiger partial charge in [0, 0.05) is 35.4 Å². The van der Waals surface area contributed by atoms with Crippen molar-refractivity contribution < 1.29 is 0 Å². The summed E-state index contributed by atoms with van der Waals surface area (Å²) >= 11 is 6.20. The Balaban J connectivity index is 2.23. The Morgan fingerprint density at radius 1 is 1.35 bits per heavy atom. The van der Waals surface area contributed by atoms with E-state index in [-0.39, 0.29) is 5.54 Å². The summed E-state index contributed by atoms with van der Waals surface area (Å²) in [5, 5.41) is 4.40. The molecular formula is C17H27ClN2. The second-order valence-corrected chi connectivity index (χ2v) is 7.21. The standard InChI is InChI=1S/C17H27ClN2/c1-5-15-7-6-10-20(15)16-9-8-14(18)11-13(16)12-19-17(2,3)4/h8-9,11,15,19H,5-7,10,12H2,1-4H3. The number of benzene rings is 1. The molecule has 0 bridgehead atoms. The summed E-state index contributed by atoms with van der Waals surface area (Å²) in [6, 6.07) is 7.00. The van der Waals surface area contributed by atoms with E-state index in [1.54, 1.807) is 0 Å². The number of hydrogen-bond acceptors (Lipinski definition) is 2. The summed E-state index contributed by atoms with van der Waals surface area (Å²) in [6.45, 7) is 10.9. The molecule has 3 heteroatoms. The molecule has 1 heterocycles. The molecule has 1 atom stereocenters. The molecule has 1 saturated heterocycles. The van der Waals surface area contributed by atoms with Gasteiger partial charge < -0.3 is 10.2 Å². The van der Waals surface area contributed by atoms with E-state index in [0.29, 0.717) is 6.04 Å². The number of anilines is 1. The number of halogens is 1. The van der Waals surface area contributed by atoms with Gasteiger partial charge in [0.1, 0.15) is 0 Å². The molecular weight excluding hydrogens is 268 g/mol. The van der Waals surface area contributed by atoms with Crippen molar-refractivity contribution in [2.75, 3.05) is 11.4 Å². The predicted octanol–water partition coefficient (Wildman–Crippen LogP) is 4.61. The van der Waals surface area contributed by atoms with Gasteiger partial charge in [-0.3, -0.25) is 0 Å². The lowest BCUT2D eigenvalue weighted by molar-refractivity contribution is 0.424. The molecule has 1 aliphatic heterocycles. The Hall–Kier alpha value is -0.730. The second kappa shape index (κ2) is 6.36. The molecule has 0 radical (unpaired) electrons. The van der Waals surface area contributed by atoms with Gasteiger partial charge in [-0.25, -0.2) is 0 Å². The van der Waals surface area contributed by atoms with E-state index in [1.807, 2.05) is 6.07 Å². The number of nitrogens with one attached hydrogen (secondary N) is 1. The first-order valence-electron chi connectivity index (χ1n) is 7.71. The van der Waals surface area contributed by atoms with Crippen molar-refractivity contribution in [2.24, 2.45) is 0 Å². The van der Waals surface area contributed by atoms with Gasteiger partial charge in [-0.15, -0.1) is 0 Å². The maximum absolute atomic E-state index is 6.20. The smallest absolute Gasteiger partial charge is 0.0415 e. The third-order valence-corrected chi connectivity index (χ3v) is 4.24. The third-order valence-electron chi connectivity index (χ3n) is 4.01. The van der Waals surface area contributed by atoms with Gasteiger partial charge in [0.2, 0.25) is 0 Å². The number of rotatable bonds is 4. The van der Waals surface area contributed by atoms with Crippen LogP contribution in [0.25, 0.3) is 0 Å². The summed E-state index contributed by atoms with van der Waals surface area (Å²) < 4.78 is 0. The van der Waals surface area contributed by atoms with Gasteiger partial charge in [0.05, 0.1) is 0 Å². The normalized spacial score (nSPS) is 19.6. The highest BCUT2D eigenvalue weighted by atomic mass is 35.5. The summed E-state index contributed by atoms with van der Waals surface area (Å²) in [4.78, 5) is 2.57. The molecule has 1 fully saturated rings. The lowest BCUT2D eigenvalue weighted by Crippen LogP contribution is -2.36. The lowest BCUT2D eigenvalue weighted by Gasteiger charge is -2.29. The fourth-order valence-electron chi connectivity index (χ4n) is 2.91. The maximum atomic E-state index is 6.20. The third kappa shape index (κ3) is 3.89. The van der Waals surface area contributed by atoms with E-state index in [1.165, 1.54) is 37.1 Å². The Kier molecular flexibility index (Phi) is 4.98. The van der Waals surface area contributed by atoms with Crippen molar-refractivity contribution in [3.05, 3.63) is 28.8 Å². The Bertz CT molecular complexity index is 451. The summed E-state index contributed by atoms with van der Waals surface area (Å²) in [6.07, 6.45) is 3.83. The zero-order valence-corrected chi connectivity index (χ0v) is 13.9. The van der Waals surface area contributed by atoms with Crippen LogP contribution in [0.4, 0.5) is 5.69 Å². The molecule has 1 aliphatic rings. The average molecular weight is 295 g/mol. The largest absolute Gasteiger partial charge is 0.368 e. The van der Waals surface area contributed by atoms with Crippen LogP contribution in [0.5, 0.6) is 0 Å². The Labute approximate surface area is 128 Å². The van der Waals surface area contributed by atoms with Crippen LogP contribution >= 0.6 is 11.6 Å². The van der Waals surface area contributed by atoms with E-state index >= 15 is 0 Å². The Morgan fingerprint density at radius 2 is 2.10 bits per heavy atom. The fraction of sp³-hybridized carbons (Fsp3) is 0.647. The average Bonchev–Trinajstić information content (AvgIpc) is 2.83. The van der Waals surface area contributed by atoms with E-state index in [0.717, 1.165) is 11.6 Å². The molecule has 2 rings (SSSR count). The van der Waals surface area contributed by atoms with Gasteiger partial charge in [0.15, 0.2) is 0 Å². The highest BCUT2D eigenvalue weighted by Gasteiger charge is 2.25. The van der Waals surface area contributed by atoms with Crippen LogP contribution in [0, 0.1) is 0 Å². The zero-order chi connectivity index (χ0) is 14.8. The molecule has 0 spiro atoms. The zero-order valence-electron chi connectivity index (χ0n) is 13.2. The highest BCUT2D eigenvalue weighted by Crippen LogP contribution is 2.32. The molecule has 1 unspecified atom stereocenters. The van der Waals surface area contributed by atoms with Crippen molar-refractivity contribution in [3.63, 3.8) is 0 Å². The van der Waals surface area contributed by atoms with Crippen molar-refractivity contribution in [3.8, 4) is 0 Å². The second-order valence-electron chi connectivity index (χ2n) is 6.77. The molecule has 112 valence electrons. The van der Waals surface area contributed by atoms with Crippen LogP contribution in [-0.2, 0) is 6.54 Å². The van der Waals surface area contributed by atoms with Crippen molar-refractivity contribution in [1.82, 2.24) is 5.32 Å². The molecule has 2 nitrogen and oxygen atoms in total. The monoisotopic (exact) mass is 294 g/mol. The maximum Gasteiger partial charge on any atom is 0.0415 e. The van der Waals surface area contributed by atoms with Gasteiger partial charge in [0.25, 0.3) is 0 Å². The van der Waals surface area contributed by atoms with Crippen LogP contribution in [0.3, 0.4) is 0 Å². The summed E-state index contributed by atoms with van der Waals surface area (Å²) in [7, 11) is 0. The Morgan fingerprint density at radius 3 is 2.75 bits per heavy atom. The summed E-state index contributed by atoms with van der Waals surface area (Å²) in [5.41, 5.74) is 2.79. The molecule has 1 N–H and O–H groups in total. The molecule has 0 amide bonds. The van der Waals surface area contributed by atoms with E-state index in [4.69, 9.17) is 11.6 Å². The fourth-order valence-corrected chi connectivity index (χ4v) is 3.11. The van der Waals surface area contributed by atoms with Crippen LogP contribution in [0.1, 0.15) is 52.5 Å². The van der Waals surface area contributed by atoms with Crippen molar-refractivity contribution in [1.29, 1.82) is 0 Å². The van der Waals surface area contributed by atoms with Crippen molar-refractivity contribution >= 4 is 17.3 Å². The molecule has 0 aromatic heterocycles. The summed E-state index contributed by atoms with van der Waals surface area (Å²) in [5.74, 6) is 0. The molecule has 1 aromatic rings. The van der Waals surface area contributed by atoms with E-state index in [2.05, 4.69) is 50.0 Å². The van der Waals surface area contributed by atoms with E-state index < -0.39 is 0 Å². The van der Waals surface area contributed by atoms with Gasteiger partial charge in [-0.05, 0) is 63.8 Å².